The maximum atomic E-state index is 13.4. The number of carboxylic acids is 1. The number of nitrogens with one attached hydrogen (secondary N) is 1. The first kappa shape index (κ1) is 32.5. The van der Waals surface area contributed by atoms with Gasteiger partial charge in [-0.1, -0.05) is 30.0 Å². The maximum absolute atomic E-state index is 13.4. The number of amides is 2. The molecule has 1 aliphatic rings. The summed E-state index contributed by atoms with van der Waals surface area (Å²) in [7, 11) is 1.30. The quantitative estimate of drug-likeness (QED) is 0.149. The van der Waals surface area contributed by atoms with Crippen LogP contribution < -0.4 is 10.1 Å². The van der Waals surface area contributed by atoms with Gasteiger partial charge in [-0.15, -0.1) is 0 Å². The molecule has 44 heavy (non-hydrogen) atoms. The van der Waals surface area contributed by atoms with Gasteiger partial charge in [-0.05, 0) is 71.8 Å². The molecule has 0 saturated carbocycles. The Morgan fingerprint density at radius 3 is 2.11 bits per heavy atom. The molecule has 1 aliphatic heterocycles. The summed E-state index contributed by atoms with van der Waals surface area (Å²) in [6.45, 7) is -0.0946. The summed E-state index contributed by atoms with van der Waals surface area (Å²) in [6.07, 6.45) is -8.86. The van der Waals surface area contributed by atoms with Gasteiger partial charge in [0, 0.05) is 24.2 Å². The molecule has 2 amide bonds. The maximum Gasteiger partial charge on any atom is 0.416 e. The Bertz CT molecular complexity index is 1640. The van der Waals surface area contributed by atoms with Crippen LogP contribution in [0, 0.1) is 0 Å². The van der Waals surface area contributed by atoms with Gasteiger partial charge in [0.15, 0.2) is 0 Å². The second-order valence-corrected chi connectivity index (χ2v) is 10.9. The number of anilines is 1. The number of aromatic carboxylic acids is 1. The highest BCUT2D eigenvalue weighted by Gasteiger charge is 2.37. The van der Waals surface area contributed by atoms with Gasteiger partial charge in [0.05, 0.1) is 28.7 Å². The van der Waals surface area contributed by atoms with Crippen LogP contribution in [-0.4, -0.2) is 45.8 Å². The Balaban J connectivity index is 1.55. The second-order valence-electron chi connectivity index (χ2n) is 9.27. The Kier molecular flexibility index (Phi) is 9.39. The molecule has 1 saturated heterocycles. The van der Waals surface area contributed by atoms with E-state index < -0.39 is 41.3 Å². The number of thiocarbonyl (C=S) groups is 1. The zero-order valence-electron chi connectivity index (χ0n) is 22.4. The van der Waals surface area contributed by atoms with E-state index in [0.29, 0.717) is 17.8 Å². The van der Waals surface area contributed by atoms with Crippen LogP contribution in [0.4, 0.5) is 32.0 Å². The predicted molar refractivity (Wildman–Crippen MR) is 155 cm³/mol. The molecule has 1 heterocycles. The average molecular weight is 655 g/mol. The summed E-state index contributed by atoms with van der Waals surface area (Å²) < 4.78 is 85.8. The molecule has 3 aromatic rings. The Hall–Kier alpha value is -4.37. The zero-order chi connectivity index (χ0) is 32.4. The van der Waals surface area contributed by atoms with E-state index in [2.05, 4.69) is 5.32 Å². The molecular formula is C29H20F6N2O5S2. The highest BCUT2D eigenvalue weighted by molar-refractivity contribution is 8.26. The van der Waals surface area contributed by atoms with E-state index in [0.717, 1.165) is 11.8 Å². The number of rotatable bonds is 8. The smallest absolute Gasteiger partial charge is 0.416 e. The van der Waals surface area contributed by atoms with Crippen molar-refractivity contribution in [1.82, 2.24) is 4.90 Å². The van der Waals surface area contributed by atoms with Crippen molar-refractivity contribution < 1.29 is 50.6 Å². The minimum atomic E-state index is -5.03. The number of alkyl halides is 6. The van der Waals surface area contributed by atoms with Crippen molar-refractivity contribution in [3.05, 3.63) is 87.8 Å². The molecule has 0 unspecified atom stereocenters. The van der Waals surface area contributed by atoms with E-state index in [-0.39, 0.29) is 56.3 Å². The van der Waals surface area contributed by atoms with Gasteiger partial charge in [0.25, 0.3) is 5.91 Å². The number of benzene rings is 3. The van der Waals surface area contributed by atoms with E-state index >= 15 is 0 Å². The third-order valence-corrected chi connectivity index (χ3v) is 7.67. The lowest BCUT2D eigenvalue weighted by molar-refractivity contribution is -0.143. The van der Waals surface area contributed by atoms with Crippen molar-refractivity contribution in [1.29, 1.82) is 0 Å². The van der Waals surface area contributed by atoms with Crippen molar-refractivity contribution >= 4 is 57.8 Å². The largest absolute Gasteiger partial charge is 0.496 e. The lowest BCUT2D eigenvalue weighted by Gasteiger charge is -2.15. The van der Waals surface area contributed by atoms with E-state index in [1.54, 1.807) is 0 Å². The number of carboxylic acid groups (broad SMARTS) is 1. The van der Waals surface area contributed by atoms with Gasteiger partial charge < -0.3 is 15.2 Å². The number of thioether (sulfide) groups is 1. The predicted octanol–water partition coefficient (Wildman–Crippen LogP) is 7.33. The van der Waals surface area contributed by atoms with E-state index in [4.69, 9.17) is 22.1 Å². The SMILES string of the molecule is COc1ccc(-c2cc(C(F)(F)F)cc(C(F)(F)F)c2)cc1/C=C1\SC(=S)N(CCC(=O)Nc2ccc(C(=O)O)cc2)C1=O. The van der Waals surface area contributed by atoms with Gasteiger partial charge in [-0.25, -0.2) is 4.79 Å². The highest BCUT2D eigenvalue weighted by atomic mass is 32.2. The monoisotopic (exact) mass is 654 g/mol. The number of methoxy groups -OCH3 is 1. The fourth-order valence-electron chi connectivity index (χ4n) is 4.12. The molecule has 0 aliphatic carbocycles. The first-order chi connectivity index (χ1) is 20.6. The summed E-state index contributed by atoms with van der Waals surface area (Å²) in [5.74, 6) is -1.97. The Morgan fingerprint density at radius 1 is 0.955 bits per heavy atom. The fourth-order valence-corrected chi connectivity index (χ4v) is 5.41. The van der Waals surface area contributed by atoms with Gasteiger partial charge in [-0.3, -0.25) is 14.5 Å². The molecular weight excluding hydrogens is 634 g/mol. The number of hydrogen-bond acceptors (Lipinski definition) is 6. The minimum Gasteiger partial charge on any atom is -0.496 e. The summed E-state index contributed by atoms with van der Waals surface area (Å²) in [4.78, 5) is 37.8. The molecule has 0 atom stereocenters. The summed E-state index contributed by atoms with van der Waals surface area (Å²) in [6, 6.07) is 10.6. The molecule has 7 nitrogen and oxygen atoms in total. The number of carbonyl (C=O) groups is 3. The van der Waals surface area contributed by atoms with Gasteiger partial charge in [0.2, 0.25) is 5.91 Å². The Morgan fingerprint density at radius 2 is 1.57 bits per heavy atom. The molecule has 0 bridgehead atoms. The third kappa shape index (κ3) is 7.58. The zero-order valence-corrected chi connectivity index (χ0v) is 24.0. The highest BCUT2D eigenvalue weighted by Crippen LogP contribution is 2.40. The van der Waals surface area contributed by atoms with Gasteiger partial charge in [-0.2, -0.15) is 26.3 Å². The Labute approximate surface area is 255 Å². The van der Waals surface area contributed by atoms with Crippen LogP contribution >= 0.6 is 24.0 Å². The van der Waals surface area contributed by atoms with Crippen LogP contribution in [0.2, 0.25) is 0 Å². The van der Waals surface area contributed by atoms with Crippen LogP contribution in [-0.2, 0) is 21.9 Å². The molecule has 3 aromatic carbocycles. The van der Waals surface area contributed by atoms with Crippen LogP contribution in [0.1, 0.15) is 33.5 Å². The second kappa shape index (κ2) is 12.7. The molecule has 15 heteroatoms. The van der Waals surface area contributed by atoms with E-state index in [1.165, 1.54) is 60.6 Å². The van der Waals surface area contributed by atoms with Crippen molar-refractivity contribution in [2.45, 2.75) is 18.8 Å². The molecule has 0 aromatic heterocycles. The summed E-state index contributed by atoms with van der Waals surface area (Å²) >= 11 is 6.19. The molecule has 2 N–H and O–H groups in total. The minimum absolute atomic E-state index is 0.0113. The van der Waals surface area contributed by atoms with Crippen LogP contribution in [0.15, 0.2) is 65.6 Å². The van der Waals surface area contributed by atoms with E-state index in [1.807, 2.05) is 0 Å². The standard InChI is InChI=1S/C29H20F6N2O5S2/c1-42-22-7-4-16(17-11-19(28(30,31)32)14-20(12-17)29(33,34)35)10-18(22)13-23-25(39)37(27(43)44-23)9-8-24(38)36-21-5-2-15(3-6-21)26(40)41/h2-7,10-14H,8-9H2,1H3,(H,36,38)(H,40,41)/b23-13-. The number of ether oxygens (including phenoxy) is 1. The van der Waals surface area contributed by atoms with Crippen LogP contribution in [0.5, 0.6) is 5.75 Å². The average Bonchev–Trinajstić information content (AvgIpc) is 3.22. The topological polar surface area (TPSA) is 95.9 Å². The molecule has 0 spiro atoms. The number of carbonyl (C=O) groups excluding carboxylic acids is 2. The third-order valence-electron chi connectivity index (χ3n) is 6.29. The van der Waals surface area contributed by atoms with Crippen LogP contribution in [0.3, 0.4) is 0 Å². The van der Waals surface area contributed by atoms with Crippen molar-refractivity contribution in [2.24, 2.45) is 0 Å². The fraction of sp³-hybridized carbons (Fsp3) is 0.172. The first-order valence-corrected chi connectivity index (χ1v) is 13.7. The van der Waals surface area contributed by atoms with Crippen LogP contribution in [0.25, 0.3) is 17.2 Å². The lowest BCUT2D eigenvalue weighted by atomic mass is 9.97. The van der Waals surface area contributed by atoms with Crippen molar-refractivity contribution in [3.63, 3.8) is 0 Å². The lowest BCUT2D eigenvalue weighted by Crippen LogP contribution is -2.31. The number of nitrogens with zero attached hydrogens (tertiary/aromatic N) is 1. The molecule has 4 rings (SSSR count). The molecule has 0 radical (unpaired) electrons. The molecule has 230 valence electrons. The summed E-state index contributed by atoms with van der Waals surface area (Å²) in [5.41, 5.74) is -2.70. The van der Waals surface area contributed by atoms with Crippen molar-refractivity contribution in [3.8, 4) is 16.9 Å². The van der Waals surface area contributed by atoms with E-state index in [9.17, 15) is 40.7 Å². The summed E-state index contributed by atoms with van der Waals surface area (Å²) in [5, 5.41) is 11.6. The molecule has 1 fully saturated rings. The van der Waals surface area contributed by atoms with Crippen molar-refractivity contribution in [2.75, 3.05) is 19.0 Å². The number of hydrogen-bond donors (Lipinski definition) is 2. The first-order valence-electron chi connectivity index (χ1n) is 12.4. The number of halogens is 6. The normalized spacial score (nSPS) is 14.7. The van der Waals surface area contributed by atoms with Gasteiger partial charge >= 0.3 is 18.3 Å². The van der Waals surface area contributed by atoms with Gasteiger partial charge in [0.1, 0.15) is 10.1 Å².